The molecule has 1 fully saturated rings. The molecule has 0 spiro atoms. The molecular formula is C17H16N2O4. The largest absolute Gasteiger partial charge is 0.441 e. The van der Waals surface area contributed by atoms with Crippen LogP contribution in [0.2, 0.25) is 0 Å². The Morgan fingerprint density at radius 1 is 1.13 bits per heavy atom. The number of nitro groups is 1. The average Bonchev–Trinajstić information content (AvgIpc) is 2.58. The Bertz CT molecular complexity index is 718. The summed E-state index contributed by atoms with van der Waals surface area (Å²) in [6.45, 7) is 0.682. The lowest BCUT2D eigenvalue weighted by molar-refractivity contribution is -0.385. The van der Waals surface area contributed by atoms with Crippen LogP contribution in [-0.2, 0) is 11.3 Å². The molecule has 23 heavy (non-hydrogen) atoms. The molecule has 6 nitrogen and oxygen atoms in total. The third kappa shape index (κ3) is 3.31. The monoisotopic (exact) mass is 312 g/mol. The number of rotatable bonds is 4. The summed E-state index contributed by atoms with van der Waals surface area (Å²) in [6, 6.07) is 16.0. The maximum Gasteiger partial charge on any atom is 0.410 e. The van der Waals surface area contributed by atoms with Gasteiger partial charge in [-0.25, -0.2) is 4.79 Å². The first-order valence-corrected chi connectivity index (χ1v) is 7.38. The maximum absolute atomic E-state index is 12.2. The number of carbonyl (C=O) groups is 1. The molecule has 1 atom stereocenters. The van der Waals surface area contributed by atoms with Gasteiger partial charge >= 0.3 is 6.09 Å². The van der Waals surface area contributed by atoms with E-state index in [2.05, 4.69) is 0 Å². The molecule has 0 aromatic heterocycles. The van der Waals surface area contributed by atoms with E-state index in [0.29, 0.717) is 18.5 Å². The highest BCUT2D eigenvalue weighted by Gasteiger charge is 2.29. The van der Waals surface area contributed by atoms with Crippen LogP contribution in [0.1, 0.15) is 23.7 Å². The van der Waals surface area contributed by atoms with Crippen molar-refractivity contribution in [2.45, 2.75) is 19.1 Å². The summed E-state index contributed by atoms with van der Waals surface area (Å²) in [7, 11) is 0. The lowest BCUT2D eigenvalue weighted by Crippen LogP contribution is -2.38. The van der Waals surface area contributed by atoms with E-state index in [1.807, 2.05) is 30.3 Å². The van der Waals surface area contributed by atoms with E-state index in [1.54, 1.807) is 18.2 Å². The van der Waals surface area contributed by atoms with Crippen molar-refractivity contribution in [3.63, 3.8) is 0 Å². The number of cyclic esters (lactones) is 1. The number of hydrogen-bond donors (Lipinski definition) is 0. The predicted molar refractivity (Wildman–Crippen MR) is 83.8 cm³/mol. The van der Waals surface area contributed by atoms with Crippen molar-refractivity contribution in [2.24, 2.45) is 0 Å². The number of nitrogens with zero attached hydrogens (tertiary/aromatic N) is 2. The number of hydrogen-bond acceptors (Lipinski definition) is 4. The molecule has 1 aliphatic rings. The SMILES string of the molecule is O=C1OC(c2ccccc2)CCN1Cc1ccccc1[N+](=O)[O-]. The van der Waals surface area contributed by atoms with Crippen LogP contribution in [0.25, 0.3) is 0 Å². The lowest BCUT2D eigenvalue weighted by Gasteiger charge is -2.31. The second kappa shape index (κ2) is 6.48. The van der Waals surface area contributed by atoms with Gasteiger partial charge in [0.15, 0.2) is 0 Å². The van der Waals surface area contributed by atoms with Gasteiger partial charge in [-0.15, -0.1) is 0 Å². The second-order valence-electron chi connectivity index (χ2n) is 5.38. The second-order valence-corrected chi connectivity index (χ2v) is 5.38. The number of ether oxygens (including phenoxy) is 1. The summed E-state index contributed by atoms with van der Waals surface area (Å²) in [5.41, 5.74) is 1.49. The molecule has 1 aliphatic heterocycles. The third-order valence-electron chi connectivity index (χ3n) is 3.88. The number of carbonyl (C=O) groups excluding carboxylic acids is 1. The van der Waals surface area contributed by atoms with Crippen LogP contribution in [0.3, 0.4) is 0 Å². The van der Waals surface area contributed by atoms with Gasteiger partial charge in [0.05, 0.1) is 11.5 Å². The molecule has 2 aromatic rings. The third-order valence-corrected chi connectivity index (χ3v) is 3.88. The van der Waals surface area contributed by atoms with Gasteiger partial charge < -0.3 is 9.64 Å². The number of amides is 1. The molecule has 118 valence electrons. The first kappa shape index (κ1) is 15.0. The minimum absolute atomic E-state index is 0.0190. The molecule has 2 aromatic carbocycles. The highest BCUT2D eigenvalue weighted by Crippen LogP contribution is 2.28. The minimum Gasteiger partial charge on any atom is -0.441 e. The summed E-state index contributed by atoms with van der Waals surface area (Å²) in [5.74, 6) is 0. The zero-order valence-corrected chi connectivity index (χ0v) is 12.4. The Kier molecular flexibility index (Phi) is 4.23. The van der Waals surface area contributed by atoms with Gasteiger partial charge in [-0.05, 0) is 5.56 Å². The fourth-order valence-corrected chi connectivity index (χ4v) is 2.69. The topological polar surface area (TPSA) is 72.7 Å². The molecule has 0 aliphatic carbocycles. The molecule has 0 saturated carbocycles. The van der Waals surface area contributed by atoms with Crippen molar-refractivity contribution in [3.05, 3.63) is 75.8 Å². The molecule has 0 bridgehead atoms. The van der Waals surface area contributed by atoms with Gasteiger partial charge in [-0.1, -0.05) is 48.5 Å². The predicted octanol–water partition coefficient (Wildman–Crippen LogP) is 3.68. The molecule has 0 radical (unpaired) electrons. The van der Waals surface area contributed by atoms with Crippen LogP contribution in [0, 0.1) is 10.1 Å². The van der Waals surface area contributed by atoms with Gasteiger partial charge in [-0.3, -0.25) is 10.1 Å². The summed E-state index contributed by atoms with van der Waals surface area (Å²) in [5, 5.41) is 11.1. The number of para-hydroxylation sites is 1. The molecule has 1 saturated heterocycles. The van der Waals surface area contributed by atoms with Crippen LogP contribution in [0.15, 0.2) is 54.6 Å². The van der Waals surface area contributed by atoms with E-state index in [1.165, 1.54) is 11.0 Å². The first-order valence-electron chi connectivity index (χ1n) is 7.38. The van der Waals surface area contributed by atoms with Gasteiger partial charge in [0.2, 0.25) is 0 Å². The fourth-order valence-electron chi connectivity index (χ4n) is 2.69. The van der Waals surface area contributed by atoms with Crippen molar-refractivity contribution in [3.8, 4) is 0 Å². The number of benzene rings is 2. The Labute approximate surface area is 133 Å². The highest BCUT2D eigenvalue weighted by molar-refractivity contribution is 5.69. The van der Waals surface area contributed by atoms with Gasteiger partial charge in [-0.2, -0.15) is 0 Å². The first-order chi connectivity index (χ1) is 11.1. The van der Waals surface area contributed by atoms with E-state index in [4.69, 9.17) is 4.74 Å². The summed E-state index contributed by atoms with van der Waals surface area (Å²) in [4.78, 5) is 24.3. The lowest BCUT2D eigenvalue weighted by atomic mass is 10.0. The number of nitro benzene ring substituents is 1. The summed E-state index contributed by atoms with van der Waals surface area (Å²) < 4.78 is 5.47. The Balaban J connectivity index is 1.70. The molecular weight excluding hydrogens is 296 g/mol. The smallest absolute Gasteiger partial charge is 0.410 e. The van der Waals surface area contributed by atoms with Crippen LogP contribution in [0.4, 0.5) is 10.5 Å². The van der Waals surface area contributed by atoms with E-state index < -0.39 is 11.0 Å². The van der Waals surface area contributed by atoms with E-state index in [9.17, 15) is 14.9 Å². The zero-order chi connectivity index (χ0) is 16.2. The van der Waals surface area contributed by atoms with Crippen molar-refractivity contribution >= 4 is 11.8 Å². The highest BCUT2D eigenvalue weighted by atomic mass is 16.6. The van der Waals surface area contributed by atoms with Crippen molar-refractivity contribution in [2.75, 3.05) is 6.54 Å². The average molecular weight is 312 g/mol. The Hall–Kier alpha value is -2.89. The fraction of sp³-hybridized carbons (Fsp3) is 0.235. The Morgan fingerprint density at radius 3 is 2.52 bits per heavy atom. The van der Waals surface area contributed by atoms with E-state index >= 15 is 0 Å². The van der Waals surface area contributed by atoms with Crippen LogP contribution in [-0.4, -0.2) is 22.5 Å². The molecule has 6 heteroatoms. The minimum atomic E-state index is -0.441. The van der Waals surface area contributed by atoms with Crippen LogP contribution >= 0.6 is 0 Å². The van der Waals surface area contributed by atoms with E-state index in [-0.39, 0.29) is 18.3 Å². The standard InChI is InChI=1S/C17H16N2O4/c20-17-18(12-14-8-4-5-9-15(14)19(21)22)11-10-16(23-17)13-6-2-1-3-7-13/h1-9,16H,10-12H2. The molecule has 0 N–H and O–H groups in total. The molecule has 1 amide bonds. The Morgan fingerprint density at radius 2 is 1.83 bits per heavy atom. The molecule has 1 heterocycles. The van der Waals surface area contributed by atoms with E-state index in [0.717, 1.165) is 5.56 Å². The van der Waals surface area contributed by atoms with Gasteiger partial charge in [0.25, 0.3) is 5.69 Å². The van der Waals surface area contributed by atoms with Crippen LogP contribution < -0.4 is 0 Å². The van der Waals surface area contributed by atoms with Crippen molar-refractivity contribution < 1.29 is 14.5 Å². The van der Waals surface area contributed by atoms with Gasteiger partial charge in [0, 0.05) is 24.6 Å². The zero-order valence-electron chi connectivity index (χ0n) is 12.4. The molecule has 1 unspecified atom stereocenters. The summed E-state index contributed by atoms with van der Waals surface area (Å²) in [6.07, 6.45) is -0.0370. The maximum atomic E-state index is 12.2. The van der Waals surface area contributed by atoms with Crippen molar-refractivity contribution in [1.29, 1.82) is 0 Å². The van der Waals surface area contributed by atoms with Crippen LogP contribution in [0.5, 0.6) is 0 Å². The van der Waals surface area contributed by atoms with Gasteiger partial charge in [0.1, 0.15) is 6.10 Å². The molecule has 3 rings (SSSR count). The summed E-state index contributed by atoms with van der Waals surface area (Å²) >= 11 is 0. The van der Waals surface area contributed by atoms with Crippen molar-refractivity contribution in [1.82, 2.24) is 4.90 Å². The normalized spacial score (nSPS) is 17.7. The quantitative estimate of drug-likeness (QED) is 0.637.